The molecule has 2 rings (SSSR count). The molecule has 1 amide bonds. The summed E-state index contributed by atoms with van der Waals surface area (Å²) in [4.78, 5) is 14.3. The fourth-order valence-electron chi connectivity index (χ4n) is 2.35. The van der Waals surface area contributed by atoms with Crippen LogP contribution in [0.4, 0.5) is 5.69 Å². The number of nitrogens with zero attached hydrogens (tertiary/aromatic N) is 2. The number of carbonyl (C=O) groups excluding carboxylic acids is 1. The van der Waals surface area contributed by atoms with E-state index in [9.17, 15) is 10.1 Å². The number of ether oxygens (including phenoxy) is 1. The molecule has 1 unspecified atom stereocenters. The van der Waals surface area contributed by atoms with E-state index in [1.807, 2.05) is 36.9 Å². The van der Waals surface area contributed by atoms with Gasteiger partial charge in [-0.05, 0) is 41.9 Å². The molecule has 1 aliphatic rings. The molecule has 5 nitrogen and oxygen atoms in total. The fraction of sp³-hybridized carbons (Fsp3) is 0.467. The maximum Gasteiger partial charge on any atom is 0.245 e. The third-order valence-corrected chi connectivity index (χ3v) is 3.94. The predicted octanol–water partition coefficient (Wildman–Crippen LogP) is 2.05. The van der Waals surface area contributed by atoms with Crippen LogP contribution in [0.2, 0.25) is 0 Å². The van der Waals surface area contributed by atoms with Crippen LogP contribution in [0.3, 0.4) is 0 Å². The number of rotatable bonds is 3. The number of hydrogen-bond donors (Lipinski definition) is 1. The number of morpholine rings is 1. The molecule has 1 aromatic rings. The highest BCUT2D eigenvalue weighted by Crippen LogP contribution is 2.29. The average molecular weight is 352 g/mol. The van der Waals surface area contributed by atoms with Gasteiger partial charge in [-0.15, -0.1) is 0 Å². The fourth-order valence-corrected chi connectivity index (χ4v) is 2.80. The minimum absolute atomic E-state index is 0.0687. The van der Waals surface area contributed by atoms with E-state index in [1.54, 1.807) is 0 Å². The van der Waals surface area contributed by atoms with Crippen LogP contribution in [0.1, 0.15) is 19.4 Å². The highest BCUT2D eigenvalue weighted by molar-refractivity contribution is 9.10. The van der Waals surface area contributed by atoms with E-state index in [4.69, 9.17) is 4.74 Å². The van der Waals surface area contributed by atoms with E-state index in [0.29, 0.717) is 25.3 Å². The highest BCUT2D eigenvalue weighted by atomic mass is 79.9. The maximum atomic E-state index is 12.3. The zero-order chi connectivity index (χ0) is 15.4. The number of carbonyl (C=O) groups is 1. The summed E-state index contributed by atoms with van der Waals surface area (Å²) in [5.41, 5.74) is 1.31. The molecule has 0 radical (unpaired) electrons. The first-order chi connectivity index (χ1) is 10.0. The molecule has 0 aromatic heterocycles. The summed E-state index contributed by atoms with van der Waals surface area (Å²) < 4.78 is 6.18. The lowest BCUT2D eigenvalue weighted by molar-refractivity contribution is -0.125. The molecule has 0 spiro atoms. The van der Waals surface area contributed by atoms with Crippen LogP contribution in [-0.2, 0) is 9.53 Å². The molecule has 0 bridgehead atoms. The smallest absolute Gasteiger partial charge is 0.245 e. The summed E-state index contributed by atoms with van der Waals surface area (Å²) in [6.07, 6.45) is 0. The van der Waals surface area contributed by atoms with Gasteiger partial charge in [0, 0.05) is 17.1 Å². The van der Waals surface area contributed by atoms with Crippen LogP contribution >= 0.6 is 15.9 Å². The molecule has 1 N–H and O–H groups in total. The van der Waals surface area contributed by atoms with Gasteiger partial charge >= 0.3 is 0 Å². The van der Waals surface area contributed by atoms with Crippen LogP contribution < -0.4 is 10.2 Å². The summed E-state index contributed by atoms with van der Waals surface area (Å²) in [5.74, 6) is -0.0754. The van der Waals surface area contributed by atoms with E-state index in [-0.39, 0.29) is 11.9 Å². The van der Waals surface area contributed by atoms with Crippen LogP contribution in [0.5, 0.6) is 0 Å². The van der Waals surface area contributed by atoms with Gasteiger partial charge in [-0.3, -0.25) is 4.79 Å². The largest absolute Gasteiger partial charge is 0.377 e. The number of halogens is 1. The van der Waals surface area contributed by atoms with Crippen molar-refractivity contribution < 1.29 is 9.53 Å². The molecule has 6 heteroatoms. The van der Waals surface area contributed by atoms with Gasteiger partial charge in [0.15, 0.2) is 0 Å². The number of nitriles is 1. The topological polar surface area (TPSA) is 65.4 Å². The van der Waals surface area contributed by atoms with Crippen molar-refractivity contribution >= 4 is 27.5 Å². The number of amides is 1. The van der Waals surface area contributed by atoms with Crippen LogP contribution in [-0.4, -0.2) is 37.7 Å². The Morgan fingerprint density at radius 3 is 3.00 bits per heavy atom. The third-order valence-electron chi connectivity index (χ3n) is 3.27. The molecular weight excluding hydrogens is 334 g/mol. The normalized spacial score (nSPS) is 18.4. The standard InChI is InChI=1S/C15H18BrN3O2/c1-10(2)18-15(20)14-9-21-7-6-19(14)13-5-3-4-12(16)11(13)8-17/h3-5,10,14H,6-7,9H2,1-2H3,(H,18,20). The zero-order valence-corrected chi connectivity index (χ0v) is 13.7. The second kappa shape index (κ2) is 6.92. The first-order valence-electron chi connectivity index (χ1n) is 6.88. The van der Waals surface area contributed by atoms with Gasteiger partial charge in [0.1, 0.15) is 12.1 Å². The first kappa shape index (κ1) is 15.8. The molecule has 0 saturated carbocycles. The van der Waals surface area contributed by atoms with Gasteiger partial charge in [0.2, 0.25) is 5.91 Å². The summed E-state index contributed by atoms with van der Waals surface area (Å²) >= 11 is 3.39. The van der Waals surface area contributed by atoms with Crippen molar-refractivity contribution in [3.05, 3.63) is 28.2 Å². The molecule has 1 aliphatic heterocycles. The Morgan fingerprint density at radius 2 is 2.33 bits per heavy atom. The molecule has 1 atom stereocenters. The SMILES string of the molecule is CC(C)NC(=O)C1COCCN1c1cccc(Br)c1C#N. The van der Waals surface area contributed by atoms with Crippen molar-refractivity contribution in [2.45, 2.75) is 25.9 Å². The van der Waals surface area contributed by atoms with E-state index >= 15 is 0 Å². The molecule has 1 heterocycles. The van der Waals surface area contributed by atoms with E-state index < -0.39 is 6.04 Å². The number of nitrogens with one attached hydrogen (secondary N) is 1. The van der Waals surface area contributed by atoms with Crippen LogP contribution in [0, 0.1) is 11.3 Å². The average Bonchev–Trinajstić information content (AvgIpc) is 2.46. The Kier molecular flexibility index (Phi) is 5.21. The van der Waals surface area contributed by atoms with Crippen molar-refractivity contribution in [3.8, 4) is 6.07 Å². The molecule has 1 saturated heterocycles. The number of hydrogen-bond acceptors (Lipinski definition) is 4. The summed E-state index contributed by atoms with van der Waals surface area (Å²) in [6.45, 7) is 5.30. The predicted molar refractivity (Wildman–Crippen MR) is 84.1 cm³/mol. The van der Waals surface area contributed by atoms with Crippen molar-refractivity contribution in [3.63, 3.8) is 0 Å². The van der Waals surface area contributed by atoms with Gasteiger partial charge in [0.25, 0.3) is 0 Å². The van der Waals surface area contributed by atoms with E-state index in [0.717, 1.165) is 10.2 Å². The second-order valence-electron chi connectivity index (χ2n) is 5.19. The minimum Gasteiger partial charge on any atom is -0.377 e. The highest BCUT2D eigenvalue weighted by Gasteiger charge is 2.31. The lowest BCUT2D eigenvalue weighted by atomic mass is 10.1. The van der Waals surface area contributed by atoms with Crippen molar-refractivity contribution in [1.82, 2.24) is 5.32 Å². The molecule has 1 aromatic carbocycles. The van der Waals surface area contributed by atoms with Gasteiger partial charge in [0.05, 0.1) is 24.5 Å². The van der Waals surface area contributed by atoms with Gasteiger partial charge in [-0.25, -0.2) is 0 Å². The Hall–Kier alpha value is -1.58. The molecule has 21 heavy (non-hydrogen) atoms. The summed E-state index contributed by atoms with van der Waals surface area (Å²) in [5, 5.41) is 12.3. The minimum atomic E-state index is -0.414. The lowest BCUT2D eigenvalue weighted by Crippen LogP contribution is -2.55. The second-order valence-corrected chi connectivity index (χ2v) is 6.05. The lowest BCUT2D eigenvalue weighted by Gasteiger charge is -2.37. The Bertz CT molecular complexity index is 569. The van der Waals surface area contributed by atoms with Gasteiger partial charge in [-0.2, -0.15) is 5.26 Å². The number of benzene rings is 1. The van der Waals surface area contributed by atoms with Crippen LogP contribution in [0.15, 0.2) is 22.7 Å². The van der Waals surface area contributed by atoms with Crippen molar-refractivity contribution in [2.75, 3.05) is 24.7 Å². The van der Waals surface area contributed by atoms with Crippen LogP contribution in [0.25, 0.3) is 0 Å². The molecule has 1 fully saturated rings. The van der Waals surface area contributed by atoms with E-state index in [2.05, 4.69) is 27.3 Å². The molecule has 112 valence electrons. The van der Waals surface area contributed by atoms with Crippen molar-refractivity contribution in [1.29, 1.82) is 5.26 Å². The monoisotopic (exact) mass is 351 g/mol. The van der Waals surface area contributed by atoms with Gasteiger partial charge in [-0.1, -0.05) is 6.07 Å². The third kappa shape index (κ3) is 3.55. The quantitative estimate of drug-likeness (QED) is 0.904. The van der Waals surface area contributed by atoms with E-state index in [1.165, 1.54) is 0 Å². The van der Waals surface area contributed by atoms with Crippen molar-refractivity contribution in [2.24, 2.45) is 0 Å². The van der Waals surface area contributed by atoms with Gasteiger partial charge < -0.3 is 15.0 Å². The molecule has 0 aliphatic carbocycles. The maximum absolute atomic E-state index is 12.3. The molecular formula is C15H18BrN3O2. The Morgan fingerprint density at radius 1 is 1.57 bits per heavy atom. The first-order valence-corrected chi connectivity index (χ1v) is 7.67. The Balaban J connectivity index is 2.34. The Labute approximate surface area is 133 Å². The summed E-state index contributed by atoms with van der Waals surface area (Å²) in [6, 6.07) is 7.41. The number of anilines is 1. The summed E-state index contributed by atoms with van der Waals surface area (Å²) in [7, 11) is 0. The zero-order valence-electron chi connectivity index (χ0n) is 12.1.